The zero-order chi connectivity index (χ0) is 15.9. The summed E-state index contributed by atoms with van der Waals surface area (Å²) in [5.41, 5.74) is 7.49. The van der Waals surface area contributed by atoms with E-state index >= 15 is 0 Å². The second kappa shape index (κ2) is 7.38. The number of hydrogen-bond acceptors (Lipinski definition) is 4. The first-order valence-corrected chi connectivity index (χ1v) is 7.05. The summed E-state index contributed by atoms with van der Waals surface area (Å²) in [6, 6.07) is 16.5. The summed E-state index contributed by atoms with van der Waals surface area (Å²) in [5.74, 6) is -0.764. The molecule has 0 radical (unpaired) electrons. The molecule has 0 fully saturated rings. The summed E-state index contributed by atoms with van der Waals surface area (Å²) in [5, 5.41) is 0. The van der Waals surface area contributed by atoms with E-state index in [4.69, 9.17) is 10.5 Å². The number of rotatable bonds is 4. The molecule has 0 saturated heterocycles. The predicted molar refractivity (Wildman–Crippen MR) is 84.9 cm³/mol. The molecule has 0 aromatic heterocycles. The Kier molecular flexibility index (Phi) is 5.27. The number of nitrogens with zero attached hydrogens (tertiary/aromatic N) is 1. The minimum atomic E-state index is -0.764. The van der Waals surface area contributed by atoms with Crippen molar-refractivity contribution in [2.75, 3.05) is 11.4 Å². The Morgan fingerprint density at radius 2 is 1.68 bits per heavy atom. The van der Waals surface area contributed by atoms with Crippen LogP contribution in [0.3, 0.4) is 0 Å². The lowest BCUT2D eigenvalue weighted by Crippen LogP contribution is -2.31. The van der Waals surface area contributed by atoms with Crippen molar-refractivity contribution in [1.82, 2.24) is 0 Å². The largest absolute Gasteiger partial charge is 0.426 e. The van der Waals surface area contributed by atoms with E-state index in [-0.39, 0.29) is 6.54 Å². The molecule has 0 spiro atoms. The van der Waals surface area contributed by atoms with E-state index < -0.39 is 12.1 Å². The van der Waals surface area contributed by atoms with E-state index in [0.29, 0.717) is 11.4 Å². The van der Waals surface area contributed by atoms with Gasteiger partial charge in [-0.3, -0.25) is 4.79 Å². The maximum atomic E-state index is 12.4. The third kappa shape index (κ3) is 3.51. The van der Waals surface area contributed by atoms with Gasteiger partial charge in [0.2, 0.25) is 0 Å². The third-order valence-electron chi connectivity index (χ3n) is 3.18. The van der Waals surface area contributed by atoms with Crippen molar-refractivity contribution in [2.45, 2.75) is 13.3 Å². The Morgan fingerprint density at radius 3 is 2.32 bits per heavy atom. The minimum absolute atomic E-state index is 0.343. The summed E-state index contributed by atoms with van der Waals surface area (Å²) in [6.45, 7) is 1.65. The van der Waals surface area contributed by atoms with Gasteiger partial charge in [-0.2, -0.15) is 0 Å². The first-order chi connectivity index (χ1) is 10.7. The van der Waals surface area contributed by atoms with Crippen molar-refractivity contribution in [2.24, 2.45) is 5.73 Å². The summed E-state index contributed by atoms with van der Waals surface area (Å²) >= 11 is 0. The summed E-state index contributed by atoms with van der Waals surface area (Å²) in [4.78, 5) is 25.1. The molecule has 1 amide bonds. The van der Waals surface area contributed by atoms with Crippen LogP contribution in [0.25, 0.3) is 0 Å². The maximum absolute atomic E-state index is 12.4. The second-order valence-electron chi connectivity index (χ2n) is 4.60. The van der Waals surface area contributed by atoms with Gasteiger partial charge in [0.25, 0.3) is 0 Å². The second-order valence-corrected chi connectivity index (χ2v) is 4.60. The van der Waals surface area contributed by atoms with Gasteiger partial charge in [-0.15, -0.1) is 0 Å². The standard InChI is InChI=1S/C17H18N2O3/c1-2-13-8-6-7-11-15(13)19(14-9-4-3-5-10-14)17(21)22-16(20)12-18/h3-11H,2,12,18H2,1H3. The van der Waals surface area contributed by atoms with Gasteiger partial charge in [0.15, 0.2) is 0 Å². The predicted octanol–water partition coefficient (Wildman–Crippen LogP) is 3.01. The minimum Gasteiger partial charge on any atom is -0.375 e. The fourth-order valence-electron chi connectivity index (χ4n) is 2.13. The number of para-hydroxylation sites is 2. The molecule has 5 nitrogen and oxygen atoms in total. The molecule has 0 unspecified atom stereocenters. The molecule has 2 rings (SSSR count). The van der Waals surface area contributed by atoms with Gasteiger partial charge in [-0.25, -0.2) is 9.69 Å². The van der Waals surface area contributed by atoms with Crippen LogP contribution in [0.15, 0.2) is 54.6 Å². The van der Waals surface area contributed by atoms with Gasteiger partial charge in [0.1, 0.15) is 0 Å². The van der Waals surface area contributed by atoms with Gasteiger partial charge < -0.3 is 10.5 Å². The Balaban J connectivity index is 2.46. The quantitative estimate of drug-likeness (QED) is 0.695. The Hall–Kier alpha value is -2.66. The van der Waals surface area contributed by atoms with Crippen molar-refractivity contribution < 1.29 is 14.3 Å². The Labute approximate surface area is 129 Å². The zero-order valence-electron chi connectivity index (χ0n) is 12.4. The van der Waals surface area contributed by atoms with Crippen molar-refractivity contribution in [1.29, 1.82) is 0 Å². The fourth-order valence-corrected chi connectivity index (χ4v) is 2.13. The smallest absolute Gasteiger partial charge is 0.375 e. The molecule has 5 heteroatoms. The molecule has 0 aliphatic heterocycles. The number of anilines is 2. The summed E-state index contributed by atoms with van der Waals surface area (Å²) < 4.78 is 4.79. The van der Waals surface area contributed by atoms with E-state index in [0.717, 1.165) is 12.0 Å². The highest BCUT2D eigenvalue weighted by Gasteiger charge is 2.23. The van der Waals surface area contributed by atoms with Crippen LogP contribution in [-0.4, -0.2) is 18.6 Å². The Morgan fingerprint density at radius 1 is 1.05 bits per heavy atom. The Bertz CT molecular complexity index is 656. The molecule has 2 aromatic rings. The number of benzene rings is 2. The lowest BCUT2D eigenvalue weighted by molar-refractivity contribution is -0.135. The van der Waals surface area contributed by atoms with Crippen LogP contribution in [0.5, 0.6) is 0 Å². The number of amides is 1. The monoisotopic (exact) mass is 298 g/mol. The fraction of sp³-hybridized carbons (Fsp3) is 0.176. The number of esters is 1. The summed E-state index contributed by atoms with van der Waals surface area (Å²) in [7, 11) is 0. The number of aryl methyl sites for hydroxylation is 1. The highest BCUT2D eigenvalue weighted by Crippen LogP contribution is 2.29. The molecule has 2 N–H and O–H groups in total. The molecular weight excluding hydrogens is 280 g/mol. The lowest BCUT2D eigenvalue weighted by atomic mass is 10.1. The first kappa shape index (κ1) is 15.7. The maximum Gasteiger partial charge on any atom is 0.426 e. The highest BCUT2D eigenvalue weighted by molar-refractivity contribution is 6.01. The normalized spacial score (nSPS) is 10.1. The molecule has 0 atom stereocenters. The number of carbonyl (C=O) groups excluding carboxylic acids is 2. The van der Waals surface area contributed by atoms with Crippen LogP contribution in [0.2, 0.25) is 0 Å². The molecule has 2 aromatic carbocycles. The number of hydrogen-bond donors (Lipinski definition) is 1. The molecular formula is C17H18N2O3. The molecule has 0 bridgehead atoms. The van der Waals surface area contributed by atoms with Crippen LogP contribution >= 0.6 is 0 Å². The molecule has 0 aliphatic rings. The van der Waals surface area contributed by atoms with Gasteiger partial charge in [-0.1, -0.05) is 43.3 Å². The van der Waals surface area contributed by atoms with Gasteiger partial charge in [-0.05, 0) is 30.2 Å². The molecule has 0 aliphatic carbocycles. The number of carbonyl (C=O) groups is 2. The molecule has 22 heavy (non-hydrogen) atoms. The van der Waals surface area contributed by atoms with Gasteiger partial charge >= 0.3 is 12.1 Å². The van der Waals surface area contributed by atoms with E-state index in [1.165, 1.54) is 4.90 Å². The third-order valence-corrected chi connectivity index (χ3v) is 3.18. The molecule has 0 heterocycles. The van der Waals surface area contributed by atoms with Crippen molar-refractivity contribution in [3.8, 4) is 0 Å². The van der Waals surface area contributed by atoms with Crippen LogP contribution in [-0.2, 0) is 16.0 Å². The van der Waals surface area contributed by atoms with Gasteiger partial charge in [0.05, 0.1) is 17.9 Å². The highest BCUT2D eigenvalue weighted by atomic mass is 16.6. The van der Waals surface area contributed by atoms with Crippen molar-refractivity contribution in [3.05, 3.63) is 60.2 Å². The van der Waals surface area contributed by atoms with E-state index in [1.807, 2.05) is 49.4 Å². The average Bonchev–Trinajstić information content (AvgIpc) is 2.56. The van der Waals surface area contributed by atoms with E-state index in [1.54, 1.807) is 12.1 Å². The number of ether oxygens (including phenoxy) is 1. The van der Waals surface area contributed by atoms with E-state index in [2.05, 4.69) is 0 Å². The lowest BCUT2D eigenvalue weighted by Gasteiger charge is -2.23. The summed E-state index contributed by atoms with van der Waals surface area (Å²) in [6.07, 6.45) is -0.0139. The topological polar surface area (TPSA) is 72.6 Å². The number of nitrogens with two attached hydrogens (primary N) is 1. The van der Waals surface area contributed by atoms with Crippen LogP contribution in [0, 0.1) is 0 Å². The van der Waals surface area contributed by atoms with Crippen LogP contribution in [0.1, 0.15) is 12.5 Å². The molecule has 0 saturated carbocycles. The average molecular weight is 298 g/mol. The SMILES string of the molecule is CCc1ccccc1N(C(=O)OC(=O)CN)c1ccccc1. The molecule has 114 valence electrons. The first-order valence-electron chi connectivity index (χ1n) is 7.05. The van der Waals surface area contributed by atoms with Crippen molar-refractivity contribution in [3.63, 3.8) is 0 Å². The van der Waals surface area contributed by atoms with Gasteiger partial charge in [0, 0.05) is 0 Å². The van der Waals surface area contributed by atoms with Crippen LogP contribution in [0.4, 0.5) is 16.2 Å². The van der Waals surface area contributed by atoms with Crippen molar-refractivity contribution >= 4 is 23.4 Å². The van der Waals surface area contributed by atoms with Crippen LogP contribution < -0.4 is 10.6 Å². The van der Waals surface area contributed by atoms with E-state index in [9.17, 15) is 9.59 Å². The zero-order valence-corrected chi connectivity index (χ0v) is 12.4.